The molecule has 0 N–H and O–H groups in total. The summed E-state index contributed by atoms with van der Waals surface area (Å²) in [6, 6.07) is 7.78. The number of hydrogen-bond acceptors (Lipinski definition) is 2. The van der Waals surface area contributed by atoms with Crippen LogP contribution in [-0.2, 0) is 0 Å². The van der Waals surface area contributed by atoms with Gasteiger partial charge in [0.2, 0.25) is 0 Å². The third kappa shape index (κ3) is 4.77. The summed E-state index contributed by atoms with van der Waals surface area (Å²) in [7, 11) is 0. The SMILES string of the molecule is CCOc1ccccc1OCCC(CCl)C(C)C. The van der Waals surface area contributed by atoms with E-state index in [4.69, 9.17) is 21.1 Å². The number of benzene rings is 1. The highest BCUT2D eigenvalue weighted by Gasteiger charge is 2.12. The average Bonchev–Trinajstić information content (AvgIpc) is 2.36. The van der Waals surface area contributed by atoms with Crippen molar-refractivity contribution in [1.29, 1.82) is 0 Å². The van der Waals surface area contributed by atoms with Crippen molar-refractivity contribution in [2.24, 2.45) is 11.8 Å². The van der Waals surface area contributed by atoms with E-state index in [2.05, 4.69) is 13.8 Å². The molecule has 1 aromatic carbocycles. The molecular formula is C15H23ClO2. The topological polar surface area (TPSA) is 18.5 Å². The van der Waals surface area contributed by atoms with E-state index in [0.717, 1.165) is 17.9 Å². The normalized spacial score (nSPS) is 12.5. The molecule has 0 aliphatic rings. The van der Waals surface area contributed by atoms with Crippen molar-refractivity contribution in [1.82, 2.24) is 0 Å². The lowest BCUT2D eigenvalue weighted by molar-refractivity contribution is 0.243. The molecule has 0 radical (unpaired) electrons. The zero-order valence-corrected chi connectivity index (χ0v) is 12.2. The molecule has 0 amide bonds. The number of para-hydroxylation sites is 2. The standard InChI is InChI=1S/C15H23ClO2/c1-4-17-14-7-5-6-8-15(14)18-10-9-13(11-16)12(2)3/h5-8,12-13H,4,9-11H2,1-3H3. The molecule has 102 valence electrons. The van der Waals surface area contributed by atoms with E-state index in [0.29, 0.717) is 30.9 Å². The first-order chi connectivity index (χ1) is 8.69. The Morgan fingerprint density at radius 1 is 1.11 bits per heavy atom. The summed E-state index contributed by atoms with van der Waals surface area (Å²) in [4.78, 5) is 0. The molecule has 1 unspecified atom stereocenters. The van der Waals surface area contributed by atoms with Crippen molar-refractivity contribution in [2.75, 3.05) is 19.1 Å². The maximum Gasteiger partial charge on any atom is 0.161 e. The summed E-state index contributed by atoms with van der Waals surface area (Å²) in [6.45, 7) is 7.69. The molecule has 0 aliphatic carbocycles. The molecule has 3 heteroatoms. The Hall–Kier alpha value is -0.890. The summed E-state index contributed by atoms with van der Waals surface area (Å²) in [5.41, 5.74) is 0. The fraction of sp³-hybridized carbons (Fsp3) is 0.600. The first kappa shape index (κ1) is 15.2. The lowest BCUT2D eigenvalue weighted by atomic mass is 9.95. The zero-order valence-electron chi connectivity index (χ0n) is 11.5. The number of alkyl halides is 1. The van der Waals surface area contributed by atoms with Crippen LogP contribution in [0.25, 0.3) is 0 Å². The summed E-state index contributed by atoms with van der Waals surface area (Å²) >= 11 is 5.95. The van der Waals surface area contributed by atoms with E-state index in [1.54, 1.807) is 0 Å². The minimum absolute atomic E-state index is 0.505. The largest absolute Gasteiger partial charge is 0.490 e. The van der Waals surface area contributed by atoms with Gasteiger partial charge in [-0.05, 0) is 37.3 Å². The smallest absolute Gasteiger partial charge is 0.161 e. The van der Waals surface area contributed by atoms with Crippen LogP contribution in [0.5, 0.6) is 11.5 Å². The highest BCUT2D eigenvalue weighted by molar-refractivity contribution is 6.18. The Labute approximate surface area is 115 Å². The van der Waals surface area contributed by atoms with Gasteiger partial charge in [0.05, 0.1) is 13.2 Å². The minimum atomic E-state index is 0.505. The van der Waals surface area contributed by atoms with Crippen LogP contribution in [0.3, 0.4) is 0 Å². The molecule has 0 spiro atoms. The van der Waals surface area contributed by atoms with Crippen LogP contribution in [0.15, 0.2) is 24.3 Å². The van der Waals surface area contributed by atoms with Gasteiger partial charge in [0.1, 0.15) is 0 Å². The second-order valence-corrected chi connectivity index (χ2v) is 4.98. The van der Waals surface area contributed by atoms with Gasteiger partial charge >= 0.3 is 0 Å². The van der Waals surface area contributed by atoms with Crippen molar-refractivity contribution < 1.29 is 9.47 Å². The van der Waals surface area contributed by atoms with Gasteiger partial charge in [0, 0.05) is 5.88 Å². The molecule has 1 atom stereocenters. The van der Waals surface area contributed by atoms with Gasteiger partial charge in [-0.3, -0.25) is 0 Å². The molecular weight excluding hydrogens is 248 g/mol. The number of halogens is 1. The summed E-state index contributed by atoms with van der Waals surface area (Å²) in [6.07, 6.45) is 0.974. The number of rotatable bonds is 8. The van der Waals surface area contributed by atoms with Gasteiger partial charge in [0.25, 0.3) is 0 Å². The molecule has 0 bridgehead atoms. The average molecular weight is 271 g/mol. The van der Waals surface area contributed by atoms with Gasteiger partial charge < -0.3 is 9.47 Å². The van der Waals surface area contributed by atoms with Crippen LogP contribution in [0.1, 0.15) is 27.2 Å². The Morgan fingerprint density at radius 2 is 1.72 bits per heavy atom. The van der Waals surface area contributed by atoms with Gasteiger partial charge in [-0.25, -0.2) is 0 Å². The highest BCUT2D eigenvalue weighted by atomic mass is 35.5. The molecule has 2 nitrogen and oxygen atoms in total. The lowest BCUT2D eigenvalue weighted by Crippen LogP contribution is -2.14. The summed E-state index contributed by atoms with van der Waals surface area (Å²) in [5.74, 6) is 3.41. The quantitative estimate of drug-likeness (QED) is 0.653. The second kappa shape index (κ2) is 8.25. The van der Waals surface area contributed by atoms with Gasteiger partial charge in [-0.15, -0.1) is 11.6 Å². The molecule has 0 aliphatic heterocycles. The van der Waals surface area contributed by atoms with E-state index in [-0.39, 0.29) is 0 Å². The summed E-state index contributed by atoms with van der Waals surface area (Å²) < 4.78 is 11.3. The highest BCUT2D eigenvalue weighted by Crippen LogP contribution is 2.27. The van der Waals surface area contributed by atoms with E-state index in [1.807, 2.05) is 31.2 Å². The third-order valence-electron chi connectivity index (χ3n) is 3.04. The molecule has 0 fully saturated rings. The van der Waals surface area contributed by atoms with Crippen LogP contribution in [0.4, 0.5) is 0 Å². The lowest BCUT2D eigenvalue weighted by Gasteiger charge is -2.18. The van der Waals surface area contributed by atoms with Crippen molar-refractivity contribution in [3.8, 4) is 11.5 Å². The molecule has 0 heterocycles. The Bertz CT molecular complexity index is 339. The zero-order chi connectivity index (χ0) is 13.4. The Kier molecular flexibility index (Phi) is 6.96. The molecule has 1 rings (SSSR count). The molecule has 1 aromatic rings. The van der Waals surface area contributed by atoms with Crippen molar-refractivity contribution in [3.63, 3.8) is 0 Å². The third-order valence-corrected chi connectivity index (χ3v) is 3.43. The first-order valence-electron chi connectivity index (χ1n) is 6.59. The van der Waals surface area contributed by atoms with Gasteiger partial charge in [-0.2, -0.15) is 0 Å². The van der Waals surface area contributed by atoms with E-state index in [1.165, 1.54) is 0 Å². The van der Waals surface area contributed by atoms with Crippen LogP contribution in [0, 0.1) is 11.8 Å². The van der Waals surface area contributed by atoms with E-state index < -0.39 is 0 Å². The van der Waals surface area contributed by atoms with Gasteiger partial charge in [0.15, 0.2) is 11.5 Å². The van der Waals surface area contributed by atoms with Gasteiger partial charge in [-0.1, -0.05) is 26.0 Å². The monoisotopic (exact) mass is 270 g/mol. The second-order valence-electron chi connectivity index (χ2n) is 4.68. The van der Waals surface area contributed by atoms with Crippen molar-refractivity contribution >= 4 is 11.6 Å². The van der Waals surface area contributed by atoms with Crippen molar-refractivity contribution in [3.05, 3.63) is 24.3 Å². The predicted octanol–water partition coefficient (Wildman–Crippen LogP) is 4.37. The molecule has 0 saturated heterocycles. The van der Waals surface area contributed by atoms with E-state index in [9.17, 15) is 0 Å². The fourth-order valence-corrected chi connectivity index (χ4v) is 2.26. The van der Waals surface area contributed by atoms with Crippen molar-refractivity contribution in [2.45, 2.75) is 27.2 Å². The predicted molar refractivity (Wildman–Crippen MR) is 76.8 cm³/mol. The maximum absolute atomic E-state index is 5.95. The number of ether oxygens (including phenoxy) is 2. The number of hydrogen-bond donors (Lipinski definition) is 0. The van der Waals surface area contributed by atoms with Crippen LogP contribution in [0.2, 0.25) is 0 Å². The van der Waals surface area contributed by atoms with Crippen LogP contribution >= 0.6 is 11.6 Å². The Balaban J connectivity index is 2.48. The first-order valence-corrected chi connectivity index (χ1v) is 7.13. The molecule has 0 saturated carbocycles. The van der Waals surface area contributed by atoms with E-state index >= 15 is 0 Å². The molecule has 18 heavy (non-hydrogen) atoms. The minimum Gasteiger partial charge on any atom is -0.490 e. The van der Waals surface area contributed by atoms with Crippen LogP contribution < -0.4 is 9.47 Å². The molecule has 0 aromatic heterocycles. The maximum atomic E-state index is 5.95. The van der Waals surface area contributed by atoms with Crippen LogP contribution in [-0.4, -0.2) is 19.1 Å². The summed E-state index contributed by atoms with van der Waals surface area (Å²) in [5, 5.41) is 0. The fourth-order valence-electron chi connectivity index (χ4n) is 1.75. The Morgan fingerprint density at radius 3 is 2.22 bits per heavy atom.